The molecule has 1 fully saturated rings. The Morgan fingerprint density at radius 3 is 2.44 bits per heavy atom. The second-order valence-corrected chi connectivity index (χ2v) is 11.0. The first-order valence-corrected chi connectivity index (χ1v) is 13.9. The molecular formula is C31H41FN4O3. The van der Waals surface area contributed by atoms with E-state index in [4.69, 9.17) is 9.84 Å². The van der Waals surface area contributed by atoms with Gasteiger partial charge in [-0.1, -0.05) is 32.0 Å². The number of piperazine rings is 1. The minimum Gasteiger partial charge on any atom is -0.491 e. The van der Waals surface area contributed by atoms with E-state index in [1.54, 1.807) is 12.1 Å². The van der Waals surface area contributed by atoms with Crippen LogP contribution in [0.2, 0.25) is 0 Å². The number of para-hydroxylation sites is 1. The largest absolute Gasteiger partial charge is 0.491 e. The first kappa shape index (κ1) is 28.9. The van der Waals surface area contributed by atoms with Crippen molar-refractivity contribution in [1.29, 1.82) is 0 Å². The summed E-state index contributed by atoms with van der Waals surface area (Å²) in [5.74, 6) is 0.967. The summed E-state index contributed by atoms with van der Waals surface area (Å²) in [4.78, 5) is 17.2. The molecule has 2 heterocycles. The standard InChI is InChI=1S/C31H41FN4O3/c1-23(2)18-27-19-26(33-36(27)31-7-5-4-6-24(31)3)10-11-28(37)20-34-14-16-35(17-15-34)21-29(38)22-39-30-12-8-25(32)9-13-30/h4-9,12-13,19,23,29,38H,10-11,14-18,20-22H2,1-3H3/t29-/m1/s1. The summed E-state index contributed by atoms with van der Waals surface area (Å²) in [6.07, 6.45) is 1.42. The van der Waals surface area contributed by atoms with E-state index in [0.717, 1.165) is 44.0 Å². The summed E-state index contributed by atoms with van der Waals surface area (Å²) in [7, 11) is 0. The monoisotopic (exact) mass is 536 g/mol. The molecule has 1 aliphatic heterocycles. The number of β-amino-alcohol motifs (C(OH)–C–C–N with tert-alkyl or cyclic N) is 1. The minimum absolute atomic E-state index is 0.156. The number of benzene rings is 2. The number of carbonyl (C=O) groups is 1. The van der Waals surface area contributed by atoms with Crippen LogP contribution >= 0.6 is 0 Å². The molecule has 7 nitrogen and oxygen atoms in total. The van der Waals surface area contributed by atoms with E-state index in [0.29, 0.717) is 37.6 Å². The molecule has 39 heavy (non-hydrogen) atoms. The van der Waals surface area contributed by atoms with Crippen LogP contribution in [-0.2, 0) is 17.6 Å². The van der Waals surface area contributed by atoms with Gasteiger partial charge < -0.3 is 9.84 Å². The molecule has 0 radical (unpaired) electrons. The van der Waals surface area contributed by atoms with Gasteiger partial charge >= 0.3 is 0 Å². The van der Waals surface area contributed by atoms with Gasteiger partial charge in [-0.2, -0.15) is 5.10 Å². The van der Waals surface area contributed by atoms with Crippen molar-refractivity contribution in [3.05, 3.63) is 77.4 Å². The summed E-state index contributed by atoms with van der Waals surface area (Å²) >= 11 is 0. The second kappa shape index (κ2) is 13.8. The zero-order valence-corrected chi connectivity index (χ0v) is 23.4. The molecule has 1 N–H and O–H groups in total. The highest BCUT2D eigenvalue weighted by molar-refractivity contribution is 5.80. The molecule has 0 spiro atoms. The molecule has 0 unspecified atom stereocenters. The van der Waals surface area contributed by atoms with Gasteiger partial charge in [-0.05, 0) is 67.6 Å². The van der Waals surface area contributed by atoms with Gasteiger partial charge in [0.05, 0.1) is 17.9 Å². The quantitative estimate of drug-likeness (QED) is 0.355. The van der Waals surface area contributed by atoms with Crippen molar-refractivity contribution in [2.75, 3.05) is 45.9 Å². The van der Waals surface area contributed by atoms with Crippen LogP contribution in [0.15, 0.2) is 54.6 Å². The number of halogens is 1. The Morgan fingerprint density at radius 1 is 1.05 bits per heavy atom. The van der Waals surface area contributed by atoms with Crippen molar-refractivity contribution in [3.8, 4) is 11.4 Å². The third-order valence-corrected chi connectivity index (χ3v) is 7.04. The Labute approximate surface area is 231 Å². The number of carbonyl (C=O) groups excluding carboxylic acids is 1. The average molecular weight is 537 g/mol. The Hall–Kier alpha value is -3.07. The fraction of sp³-hybridized carbons (Fsp3) is 0.484. The fourth-order valence-electron chi connectivity index (χ4n) is 4.97. The lowest BCUT2D eigenvalue weighted by atomic mass is 10.1. The molecule has 0 amide bonds. The molecule has 0 bridgehead atoms. The predicted octanol–water partition coefficient (Wildman–Crippen LogP) is 4.08. The third kappa shape index (κ3) is 8.71. The minimum atomic E-state index is -0.636. The molecule has 210 valence electrons. The van der Waals surface area contributed by atoms with E-state index in [1.165, 1.54) is 23.4 Å². The van der Waals surface area contributed by atoms with Gasteiger partial charge in [-0.3, -0.25) is 14.6 Å². The molecule has 0 aliphatic carbocycles. The van der Waals surface area contributed by atoms with Crippen molar-refractivity contribution in [3.63, 3.8) is 0 Å². The Balaban J connectivity index is 1.20. The highest BCUT2D eigenvalue weighted by Gasteiger charge is 2.21. The van der Waals surface area contributed by atoms with Crippen molar-refractivity contribution >= 4 is 5.78 Å². The SMILES string of the molecule is Cc1ccccc1-n1nc(CCC(=O)CN2CCN(C[C@@H](O)COc3ccc(F)cc3)CC2)cc1CC(C)C. The number of Topliss-reactive ketones (excluding diaryl/α,β-unsaturated/α-hetero) is 1. The Bertz CT molecular complexity index is 1200. The Morgan fingerprint density at radius 2 is 1.74 bits per heavy atom. The molecule has 8 heteroatoms. The summed E-state index contributed by atoms with van der Waals surface area (Å²) < 4.78 is 20.6. The molecular weight excluding hydrogens is 495 g/mol. The molecule has 4 rings (SSSR count). The van der Waals surface area contributed by atoms with Gasteiger partial charge in [0.2, 0.25) is 0 Å². The lowest BCUT2D eigenvalue weighted by Crippen LogP contribution is -2.50. The summed E-state index contributed by atoms with van der Waals surface area (Å²) in [6.45, 7) is 10.8. The van der Waals surface area contributed by atoms with Gasteiger partial charge in [-0.15, -0.1) is 0 Å². The number of nitrogens with zero attached hydrogens (tertiary/aromatic N) is 4. The second-order valence-electron chi connectivity index (χ2n) is 11.0. The first-order valence-electron chi connectivity index (χ1n) is 13.9. The first-order chi connectivity index (χ1) is 18.8. The topological polar surface area (TPSA) is 70.8 Å². The number of hydrogen-bond acceptors (Lipinski definition) is 6. The molecule has 1 saturated heterocycles. The van der Waals surface area contributed by atoms with Gasteiger partial charge in [-0.25, -0.2) is 9.07 Å². The number of aryl methyl sites for hydroxylation is 2. The van der Waals surface area contributed by atoms with E-state index in [2.05, 4.69) is 48.8 Å². The highest BCUT2D eigenvalue weighted by Crippen LogP contribution is 2.20. The van der Waals surface area contributed by atoms with Crippen molar-refractivity contribution in [1.82, 2.24) is 19.6 Å². The number of aromatic nitrogens is 2. The lowest BCUT2D eigenvalue weighted by Gasteiger charge is -2.35. The summed E-state index contributed by atoms with van der Waals surface area (Å²) in [5.41, 5.74) is 4.42. The maximum absolute atomic E-state index is 13.0. The molecule has 1 aromatic heterocycles. The van der Waals surface area contributed by atoms with Crippen molar-refractivity contribution < 1.29 is 19.0 Å². The van der Waals surface area contributed by atoms with Crippen molar-refractivity contribution in [2.24, 2.45) is 5.92 Å². The lowest BCUT2D eigenvalue weighted by molar-refractivity contribution is -0.120. The molecule has 1 atom stereocenters. The van der Waals surface area contributed by atoms with Crippen LogP contribution in [0.1, 0.15) is 37.2 Å². The van der Waals surface area contributed by atoms with Crippen molar-refractivity contribution in [2.45, 2.75) is 46.1 Å². The molecule has 2 aromatic carbocycles. The van der Waals surface area contributed by atoms with Gasteiger partial charge in [0.1, 0.15) is 30.1 Å². The smallest absolute Gasteiger partial charge is 0.147 e. The number of aliphatic hydroxyl groups is 1. The van der Waals surface area contributed by atoms with Crippen LogP contribution in [0.5, 0.6) is 5.75 Å². The zero-order chi connectivity index (χ0) is 27.8. The van der Waals surface area contributed by atoms with E-state index < -0.39 is 6.10 Å². The zero-order valence-electron chi connectivity index (χ0n) is 23.4. The number of hydrogen-bond donors (Lipinski definition) is 1. The van der Waals surface area contributed by atoms with E-state index in [9.17, 15) is 14.3 Å². The number of aliphatic hydroxyl groups excluding tert-OH is 1. The average Bonchev–Trinajstić information content (AvgIpc) is 3.30. The third-order valence-electron chi connectivity index (χ3n) is 7.04. The molecule has 0 saturated carbocycles. The molecule has 1 aliphatic rings. The maximum atomic E-state index is 13.0. The summed E-state index contributed by atoms with van der Waals surface area (Å²) in [6, 6.07) is 16.2. The van der Waals surface area contributed by atoms with Gasteiger partial charge in [0.25, 0.3) is 0 Å². The van der Waals surface area contributed by atoms with Gasteiger partial charge in [0.15, 0.2) is 0 Å². The number of ether oxygens (including phenoxy) is 1. The normalized spacial score (nSPS) is 15.5. The number of rotatable bonds is 13. The highest BCUT2D eigenvalue weighted by atomic mass is 19.1. The van der Waals surface area contributed by atoms with E-state index >= 15 is 0 Å². The van der Waals surface area contributed by atoms with Crippen LogP contribution < -0.4 is 4.74 Å². The summed E-state index contributed by atoms with van der Waals surface area (Å²) in [5, 5.41) is 15.2. The molecule has 3 aromatic rings. The van der Waals surface area contributed by atoms with Crippen LogP contribution in [0, 0.1) is 18.7 Å². The number of ketones is 1. The van der Waals surface area contributed by atoms with Crippen LogP contribution in [0.3, 0.4) is 0 Å². The van der Waals surface area contributed by atoms with Gasteiger partial charge in [0, 0.05) is 44.8 Å². The van der Waals surface area contributed by atoms with Crippen LogP contribution in [-0.4, -0.2) is 82.4 Å². The Kier molecular flexibility index (Phi) is 10.3. The van der Waals surface area contributed by atoms with E-state index in [1.807, 2.05) is 16.8 Å². The fourth-order valence-corrected chi connectivity index (χ4v) is 4.97. The maximum Gasteiger partial charge on any atom is 0.147 e. The predicted molar refractivity (Wildman–Crippen MR) is 151 cm³/mol. The van der Waals surface area contributed by atoms with Crippen LogP contribution in [0.25, 0.3) is 5.69 Å². The van der Waals surface area contributed by atoms with E-state index in [-0.39, 0.29) is 18.2 Å². The van der Waals surface area contributed by atoms with Crippen LogP contribution in [0.4, 0.5) is 4.39 Å².